The normalized spacial score (nSPS) is 21.6. The summed E-state index contributed by atoms with van der Waals surface area (Å²) in [5.74, 6) is 0.190. The minimum Gasteiger partial charge on any atom is -0.385 e. The Labute approximate surface area is 168 Å². The van der Waals surface area contributed by atoms with Crippen LogP contribution in [0.15, 0.2) is 30.6 Å². The van der Waals surface area contributed by atoms with Gasteiger partial charge in [0, 0.05) is 29.3 Å². The topological polar surface area (TPSA) is 86.2 Å². The van der Waals surface area contributed by atoms with Crippen molar-refractivity contribution in [3.05, 3.63) is 41.2 Å². The van der Waals surface area contributed by atoms with Gasteiger partial charge >= 0.3 is 0 Å². The van der Waals surface area contributed by atoms with Gasteiger partial charge in [0.25, 0.3) is 0 Å². The van der Waals surface area contributed by atoms with Crippen molar-refractivity contribution in [3.63, 3.8) is 0 Å². The highest BCUT2D eigenvalue weighted by Crippen LogP contribution is 2.42. The summed E-state index contributed by atoms with van der Waals surface area (Å²) in [5, 5.41) is 12.6. The highest BCUT2D eigenvalue weighted by Gasteiger charge is 2.34. The molecule has 1 unspecified atom stereocenters. The van der Waals surface area contributed by atoms with Gasteiger partial charge in [-0.3, -0.25) is 0 Å². The molecule has 0 amide bonds. The lowest BCUT2D eigenvalue weighted by Gasteiger charge is -2.23. The predicted octanol–water partition coefficient (Wildman–Crippen LogP) is 4.06. The van der Waals surface area contributed by atoms with Crippen molar-refractivity contribution < 1.29 is 9.84 Å². The molecule has 2 aliphatic rings. The Balaban J connectivity index is 1.73. The quantitative estimate of drug-likeness (QED) is 0.694. The molecular formula is C21H23ClN4O2. The summed E-state index contributed by atoms with van der Waals surface area (Å²) < 4.78 is 7.85. The van der Waals surface area contributed by atoms with E-state index >= 15 is 0 Å². The summed E-state index contributed by atoms with van der Waals surface area (Å²) >= 11 is 6.43. The van der Waals surface area contributed by atoms with Gasteiger partial charge in [-0.05, 0) is 37.0 Å². The molecule has 1 saturated heterocycles. The molecule has 0 bridgehead atoms. The van der Waals surface area contributed by atoms with Crippen LogP contribution >= 0.6 is 11.6 Å². The number of hydrogen-bond acceptors (Lipinski definition) is 5. The number of aromatic nitrogens is 3. The first-order valence-electron chi connectivity index (χ1n) is 9.79. The van der Waals surface area contributed by atoms with Crippen LogP contribution in [0, 0.1) is 0 Å². The zero-order valence-electron chi connectivity index (χ0n) is 15.6. The Kier molecular flexibility index (Phi) is 4.30. The van der Waals surface area contributed by atoms with Crippen molar-refractivity contribution in [2.75, 3.05) is 18.9 Å². The molecule has 28 heavy (non-hydrogen) atoms. The fraction of sp³-hybridized carbons (Fsp3) is 0.429. The number of ether oxygens (including phenoxy) is 1. The molecule has 1 atom stereocenters. The maximum absolute atomic E-state index is 11.1. The number of rotatable bonds is 3. The lowest BCUT2D eigenvalue weighted by atomic mass is 9.91. The summed E-state index contributed by atoms with van der Waals surface area (Å²) in [6.45, 7) is 1.45. The maximum Gasteiger partial charge on any atom is 0.220 e. The maximum atomic E-state index is 11.1. The predicted molar refractivity (Wildman–Crippen MR) is 109 cm³/mol. The number of fused-ring (bicyclic) bond motifs is 1. The molecule has 2 fully saturated rings. The average molecular weight is 399 g/mol. The van der Waals surface area contributed by atoms with Crippen LogP contribution in [-0.2, 0) is 10.3 Å². The van der Waals surface area contributed by atoms with Crippen molar-refractivity contribution >= 4 is 28.5 Å². The van der Waals surface area contributed by atoms with E-state index < -0.39 is 5.60 Å². The summed E-state index contributed by atoms with van der Waals surface area (Å²) in [7, 11) is 0. The number of halogens is 1. The Morgan fingerprint density at radius 1 is 1.29 bits per heavy atom. The third kappa shape index (κ3) is 2.87. The second-order valence-corrected chi connectivity index (χ2v) is 8.27. The molecule has 5 rings (SSSR count). The largest absolute Gasteiger partial charge is 0.385 e. The second-order valence-electron chi connectivity index (χ2n) is 7.86. The standard InChI is InChI=1S/C21H23ClN4O2/c22-17-10-24-20(23)25-19(17)16-11-26(14-5-8-28-12-14)18-4-3-13(9-15(16)18)21(27)6-1-2-7-21/h3-4,9-11,14,27H,1-2,5-8,12H2,(H2,23,24,25). The molecule has 3 N–H and O–H groups in total. The SMILES string of the molecule is Nc1ncc(Cl)c(-c2cn(C3CCOC3)c3ccc(C4(O)CCCC4)cc23)n1. The third-order valence-electron chi connectivity index (χ3n) is 6.12. The lowest BCUT2D eigenvalue weighted by Crippen LogP contribution is -2.20. The second kappa shape index (κ2) is 6.72. The Morgan fingerprint density at radius 2 is 2.11 bits per heavy atom. The Hall–Kier alpha value is -2.15. The van der Waals surface area contributed by atoms with E-state index in [1.54, 1.807) is 0 Å². The first-order valence-corrected chi connectivity index (χ1v) is 10.2. The van der Waals surface area contributed by atoms with Gasteiger partial charge in [0.15, 0.2) is 0 Å². The molecule has 7 heteroatoms. The van der Waals surface area contributed by atoms with Crippen LogP contribution in [-0.4, -0.2) is 32.9 Å². The van der Waals surface area contributed by atoms with Crippen molar-refractivity contribution in [1.29, 1.82) is 0 Å². The van der Waals surface area contributed by atoms with Crippen LogP contribution in [0.3, 0.4) is 0 Å². The first kappa shape index (κ1) is 17.9. The van der Waals surface area contributed by atoms with Crippen molar-refractivity contribution in [1.82, 2.24) is 14.5 Å². The summed E-state index contributed by atoms with van der Waals surface area (Å²) in [6, 6.07) is 6.52. The fourth-order valence-corrected chi connectivity index (χ4v) is 4.79. The van der Waals surface area contributed by atoms with Crippen molar-refractivity contribution in [2.45, 2.75) is 43.7 Å². The smallest absolute Gasteiger partial charge is 0.220 e. The number of nitrogen functional groups attached to an aromatic ring is 1. The van der Waals surface area contributed by atoms with E-state index in [2.05, 4.69) is 38.9 Å². The van der Waals surface area contributed by atoms with Crippen LogP contribution in [0.25, 0.3) is 22.2 Å². The van der Waals surface area contributed by atoms with Crippen LogP contribution in [0.1, 0.15) is 43.7 Å². The van der Waals surface area contributed by atoms with E-state index in [0.29, 0.717) is 17.3 Å². The summed E-state index contributed by atoms with van der Waals surface area (Å²) in [4.78, 5) is 8.39. The van der Waals surface area contributed by atoms with Gasteiger partial charge < -0.3 is 20.1 Å². The zero-order valence-corrected chi connectivity index (χ0v) is 16.3. The minimum atomic E-state index is -0.751. The van der Waals surface area contributed by atoms with E-state index in [0.717, 1.165) is 60.7 Å². The number of nitrogens with two attached hydrogens (primary N) is 1. The highest BCUT2D eigenvalue weighted by molar-refractivity contribution is 6.33. The monoisotopic (exact) mass is 398 g/mol. The lowest BCUT2D eigenvalue weighted by molar-refractivity contribution is 0.0446. The van der Waals surface area contributed by atoms with Gasteiger partial charge in [0.1, 0.15) is 0 Å². The fourth-order valence-electron chi connectivity index (χ4n) is 4.60. The molecule has 2 aromatic heterocycles. The molecule has 146 valence electrons. The molecule has 3 aromatic rings. The van der Waals surface area contributed by atoms with E-state index in [9.17, 15) is 5.11 Å². The average Bonchev–Trinajstić information content (AvgIpc) is 3.43. The molecule has 1 saturated carbocycles. The molecule has 1 aliphatic heterocycles. The van der Waals surface area contributed by atoms with Gasteiger partial charge in [-0.1, -0.05) is 30.5 Å². The van der Waals surface area contributed by atoms with Crippen LogP contribution in [0.2, 0.25) is 5.02 Å². The first-order chi connectivity index (χ1) is 13.5. The minimum absolute atomic E-state index is 0.190. The summed E-state index contributed by atoms with van der Waals surface area (Å²) in [5.41, 5.74) is 8.66. The van der Waals surface area contributed by atoms with Gasteiger partial charge in [0.05, 0.1) is 35.2 Å². The van der Waals surface area contributed by atoms with E-state index in [4.69, 9.17) is 22.1 Å². The highest BCUT2D eigenvalue weighted by atomic mass is 35.5. The molecule has 0 spiro atoms. The van der Waals surface area contributed by atoms with Crippen LogP contribution < -0.4 is 5.73 Å². The number of anilines is 1. The molecule has 1 aromatic carbocycles. The number of aliphatic hydroxyl groups is 1. The van der Waals surface area contributed by atoms with Crippen LogP contribution in [0.5, 0.6) is 0 Å². The van der Waals surface area contributed by atoms with Gasteiger partial charge in [-0.15, -0.1) is 0 Å². The van der Waals surface area contributed by atoms with E-state index in [1.807, 2.05) is 0 Å². The van der Waals surface area contributed by atoms with Crippen LogP contribution in [0.4, 0.5) is 5.95 Å². The van der Waals surface area contributed by atoms with Crippen molar-refractivity contribution in [2.24, 2.45) is 0 Å². The number of benzene rings is 1. The van der Waals surface area contributed by atoms with Gasteiger partial charge in [-0.25, -0.2) is 9.97 Å². The third-order valence-corrected chi connectivity index (χ3v) is 6.39. The van der Waals surface area contributed by atoms with Gasteiger partial charge in [0.2, 0.25) is 5.95 Å². The Bertz CT molecular complexity index is 1040. The van der Waals surface area contributed by atoms with Gasteiger partial charge in [-0.2, -0.15) is 0 Å². The number of nitrogens with zero attached hydrogens (tertiary/aromatic N) is 3. The molecular weight excluding hydrogens is 376 g/mol. The summed E-state index contributed by atoms with van der Waals surface area (Å²) in [6.07, 6.45) is 8.29. The van der Waals surface area contributed by atoms with E-state index in [1.165, 1.54) is 6.20 Å². The number of hydrogen-bond donors (Lipinski definition) is 2. The molecule has 6 nitrogen and oxygen atoms in total. The molecule has 3 heterocycles. The molecule has 1 aliphatic carbocycles. The molecule has 0 radical (unpaired) electrons. The Morgan fingerprint density at radius 3 is 2.86 bits per heavy atom. The van der Waals surface area contributed by atoms with E-state index in [-0.39, 0.29) is 12.0 Å². The van der Waals surface area contributed by atoms with Crippen molar-refractivity contribution in [3.8, 4) is 11.3 Å². The zero-order chi connectivity index (χ0) is 19.3.